The number of benzene rings is 2. The van der Waals surface area contributed by atoms with Gasteiger partial charge in [-0.2, -0.15) is 0 Å². The van der Waals surface area contributed by atoms with Crippen LogP contribution in [0.25, 0.3) is 0 Å². The summed E-state index contributed by atoms with van der Waals surface area (Å²) < 4.78 is 18.7. The van der Waals surface area contributed by atoms with Crippen LogP contribution in [0.3, 0.4) is 0 Å². The van der Waals surface area contributed by atoms with Crippen LogP contribution < -0.4 is 5.32 Å². The Morgan fingerprint density at radius 1 is 1.07 bits per heavy atom. The van der Waals surface area contributed by atoms with Crippen LogP contribution in [0.4, 0.5) is 10.1 Å². The smallest absolute Gasteiger partial charge is 0.277 e. The van der Waals surface area contributed by atoms with Crippen LogP contribution in [0.1, 0.15) is 21.7 Å². The van der Waals surface area contributed by atoms with Gasteiger partial charge in [-0.05, 0) is 30.3 Å². The molecule has 1 N–H and O–H groups in total. The molecule has 2 atom stereocenters. The summed E-state index contributed by atoms with van der Waals surface area (Å²) >= 11 is 0. The van der Waals surface area contributed by atoms with Gasteiger partial charge in [-0.25, -0.2) is 4.39 Å². The zero-order valence-electron chi connectivity index (χ0n) is 14.4. The average Bonchev–Trinajstić information content (AvgIpc) is 3.42. The molecule has 3 aromatic rings. The van der Waals surface area contributed by atoms with Crippen molar-refractivity contribution in [3.8, 4) is 0 Å². The van der Waals surface area contributed by atoms with Gasteiger partial charge < -0.3 is 14.6 Å². The minimum absolute atomic E-state index is 0.0851. The number of furan rings is 1. The molecule has 1 amide bonds. The first-order valence-corrected chi connectivity index (χ1v) is 8.62. The van der Waals surface area contributed by atoms with Crippen molar-refractivity contribution in [2.75, 3.05) is 5.32 Å². The maximum absolute atomic E-state index is 13.4. The fourth-order valence-corrected chi connectivity index (χ4v) is 3.76. The fourth-order valence-electron chi connectivity index (χ4n) is 3.76. The molecule has 1 aromatic heterocycles. The van der Waals surface area contributed by atoms with Crippen LogP contribution in [-0.2, 0) is 15.2 Å². The van der Waals surface area contributed by atoms with Crippen molar-refractivity contribution in [2.24, 2.45) is 11.1 Å². The van der Waals surface area contributed by atoms with Crippen molar-refractivity contribution in [1.82, 2.24) is 0 Å². The highest BCUT2D eigenvalue weighted by atomic mass is 19.1. The third-order valence-electron chi connectivity index (χ3n) is 5.05. The third-order valence-corrected chi connectivity index (χ3v) is 5.05. The van der Waals surface area contributed by atoms with E-state index < -0.39 is 29.0 Å². The molecule has 28 heavy (non-hydrogen) atoms. The van der Waals surface area contributed by atoms with Crippen molar-refractivity contribution < 1.29 is 23.2 Å². The lowest BCUT2D eigenvalue weighted by Crippen LogP contribution is -2.46. The summed E-state index contributed by atoms with van der Waals surface area (Å²) in [7, 11) is 0. The minimum Gasteiger partial charge on any atom is -0.461 e. The van der Waals surface area contributed by atoms with Crippen molar-refractivity contribution in [3.63, 3.8) is 0 Å². The molecule has 2 unspecified atom stereocenters. The van der Waals surface area contributed by atoms with Crippen molar-refractivity contribution in [1.29, 1.82) is 0 Å². The van der Waals surface area contributed by atoms with E-state index in [1.54, 1.807) is 30.3 Å². The lowest BCUT2D eigenvalue weighted by atomic mass is 9.75. The van der Waals surface area contributed by atoms with Crippen molar-refractivity contribution in [3.05, 3.63) is 89.6 Å². The molecule has 2 aliphatic rings. The number of rotatable bonds is 3. The Hall–Kier alpha value is -3.74. The number of oxime groups is 1. The van der Waals surface area contributed by atoms with Gasteiger partial charge >= 0.3 is 0 Å². The molecule has 0 saturated heterocycles. The van der Waals surface area contributed by atoms with E-state index in [0.717, 1.165) is 0 Å². The summed E-state index contributed by atoms with van der Waals surface area (Å²) in [6.45, 7) is 0. The van der Waals surface area contributed by atoms with Crippen LogP contribution in [0.2, 0.25) is 0 Å². The molecule has 0 bridgehead atoms. The Kier molecular flexibility index (Phi) is 3.45. The Morgan fingerprint density at radius 3 is 2.61 bits per heavy atom. The van der Waals surface area contributed by atoms with Gasteiger partial charge in [0.1, 0.15) is 17.4 Å². The molecule has 1 spiro atoms. The number of carbonyl (C=O) groups is 2. The topological polar surface area (TPSA) is 80.9 Å². The van der Waals surface area contributed by atoms with Crippen LogP contribution >= 0.6 is 0 Å². The Labute approximate surface area is 158 Å². The van der Waals surface area contributed by atoms with Crippen molar-refractivity contribution >= 4 is 23.1 Å². The summed E-state index contributed by atoms with van der Waals surface area (Å²) in [5.41, 5.74) is 0.157. The SMILES string of the molecule is O=C(c1ccco1)C1C(c2ccc(F)cc2)=NOC12C(=O)Nc1ccccc12. The zero-order valence-corrected chi connectivity index (χ0v) is 14.4. The number of hydrogen-bond acceptors (Lipinski definition) is 5. The van der Waals surface area contributed by atoms with Crippen LogP contribution in [0, 0.1) is 11.7 Å². The summed E-state index contributed by atoms with van der Waals surface area (Å²) in [4.78, 5) is 32.1. The fraction of sp³-hybridized carbons (Fsp3) is 0.0952. The highest BCUT2D eigenvalue weighted by Crippen LogP contribution is 2.49. The standard InChI is InChI=1S/C21H13FN2O4/c22-13-9-7-12(8-10-13)18-17(19(25)16-6-3-11-27-16)21(28-24-18)14-4-1-2-5-15(14)23-20(21)26/h1-11,17H,(H,23,26). The van der Waals surface area contributed by atoms with E-state index in [1.165, 1.54) is 36.6 Å². The predicted molar refractivity (Wildman–Crippen MR) is 97.3 cm³/mol. The first kappa shape index (κ1) is 16.4. The van der Waals surface area contributed by atoms with E-state index in [0.29, 0.717) is 16.8 Å². The Bertz CT molecular complexity index is 1120. The number of anilines is 1. The minimum atomic E-state index is -1.65. The quantitative estimate of drug-likeness (QED) is 0.710. The van der Waals surface area contributed by atoms with Gasteiger partial charge in [-0.1, -0.05) is 35.5 Å². The second kappa shape index (κ2) is 5.88. The second-order valence-electron chi connectivity index (χ2n) is 6.58. The normalized spacial score (nSPS) is 22.5. The molecule has 138 valence electrons. The van der Waals surface area contributed by atoms with Gasteiger partial charge in [-0.15, -0.1) is 0 Å². The van der Waals surface area contributed by atoms with Crippen LogP contribution in [-0.4, -0.2) is 17.4 Å². The molecule has 0 radical (unpaired) electrons. The highest BCUT2D eigenvalue weighted by molar-refractivity contribution is 6.24. The molecule has 7 heteroatoms. The van der Waals surface area contributed by atoms with Gasteiger partial charge in [0.05, 0.1) is 6.26 Å². The molecule has 0 aliphatic carbocycles. The third kappa shape index (κ3) is 2.16. The predicted octanol–water partition coefficient (Wildman–Crippen LogP) is 3.50. The number of fused-ring (bicyclic) bond motifs is 2. The van der Waals surface area contributed by atoms with E-state index in [9.17, 15) is 14.0 Å². The first-order valence-electron chi connectivity index (χ1n) is 8.62. The number of nitrogens with one attached hydrogen (secondary N) is 1. The van der Waals surface area contributed by atoms with Crippen LogP contribution in [0.5, 0.6) is 0 Å². The molecular formula is C21H13FN2O4. The molecule has 0 saturated carbocycles. The maximum atomic E-state index is 13.4. The lowest BCUT2D eigenvalue weighted by Gasteiger charge is -2.26. The zero-order chi connectivity index (χ0) is 19.3. The number of amides is 1. The van der Waals surface area contributed by atoms with E-state index in [4.69, 9.17) is 9.25 Å². The monoisotopic (exact) mass is 376 g/mol. The largest absolute Gasteiger partial charge is 0.461 e. The summed E-state index contributed by atoms with van der Waals surface area (Å²) in [6.07, 6.45) is 1.38. The Morgan fingerprint density at radius 2 is 1.86 bits per heavy atom. The number of nitrogens with zero attached hydrogens (tertiary/aromatic N) is 1. The second-order valence-corrected chi connectivity index (χ2v) is 6.58. The maximum Gasteiger partial charge on any atom is 0.277 e. The molecule has 0 fully saturated rings. The van der Waals surface area contributed by atoms with E-state index in [-0.39, 0.29) is 11.5 Å². The average molecular weight is 376 g/mol. The molecule has 2 aliphatic heterocycles. The summed E-state index contributed by atoms with van der Waals surface area (Å²) in [6, 6.07) is 15.6. The van der Waals surface area contributed by atoms with Crippen LogP contribution in [0.15, 0.2) is 76.5 Å². The van der Waals surface area contributed by atoms with Gasteiger partial charge in [0.15, 0.2) is 5.76 Å². The van der Waals surface area contributed by atoms with E-state index in [1.807, 2.05) is 0 Å². The Balaban J connectivity index is 1.70. The first-order chi connectivity index (χ1) is 13.6. The van der Waals surface area contributed by atoms with Crippen molar-refractivity contribution in [2.45, 2.75) is 5.60 Å². The summed E-state index contributed by atoms with van der Waals surface area (Å²) in [5, 5.41) is 6.86. The summed E-state index contributed by atoms with van der Waals surface area (Å²) in [5.74, 6) is -2.36. The molecular weight excluding hydrogens is 363 g/mol. The molecule has 3 heterocycles. The number of hydrogen-bond donors (Lipinski definition) is 1. The number of halogens is 1. The van der Waals surface area contributed by atoms with Gasteiger partial charge in [-0.3, -0.25) is 9.59 Å². The van der Waals surface area contributed by atoms with Gasteiger partial charge in [0.2, 0.25) is 5.78 Å². The van der Waals surface area contributed by atoms with Gasteiger partial charge in [0.25, 0.3) is 11.5 Å². The van der Waals surface area contributed by atoms with E-state index >= 15 is 0 Å². The van der Waals surface area contributed by atoms with E-state index in [2.05, 4.69) is 10.5 Å². The number of para-hydroxylation sites is 1. The number of Topliss-reactive ketones (excluding diaryl/α,β-unsaturated/α-hetero) is 1. The lowest BCUT2D eigenvalue weighted by molar-refractivity contribution is -0.140. The highest BCUT2D eigenvalue weighted by Gasteiger charge is 2.63. The molecule has 5 rings (SSSR count). The molecule has 6 nitrogen and oxygen atoms in total. The van der Waals surface area contributed by atoms with Gasteiger partial charge in [0, 0.05) is 16.8 Å². The molecule has 2 aromatic carbocycles. The number of carbonyl (C=O) groups excluding carboxylic acids is 2. The number of ketones is 1.